The summed E-state index contributed by atoms with van der Waals surface area (Å²) in [4.78, 5) is 13.6. The summed E-state index contributed by atoms with van der Waals surface area (Å²) in [7, 11) is -0.454. The number of amides is 1. The first-order valence-electron chi connectivity index (χ1n) is 9.23. The molecule has 3 rings (SSSR count). The Hall–Kier alpha value is -2.18. The van der Waals surface area contributed by atoms with E-state index in [4.69, 9.17) is 0 Å². The Labute approximate surface area is 161 Å². The molecule has 2 aromatic carbocycles. The largest absolute Gasteiger partial charge is 0.345 e. The van der Waals surface area contributed by atoms with Crippen molar-refractivity contribution in [3.05, 3.63) is 64.7 Å². The van der Waals surface area contributed by atoms with Crippen molar-refractivity contribution in [1.29, 1.82) is 0 Å². The fourth-order valence-corrected chi connectivity index (χ4v) is 4.72. The van der Waals surface area contributed by atoms with Crippen LogP contribution in [0, 0.1) is 0 Å². The van der Waals surface area contributed by atoms with E-state index in [0.717, 1.165) is 18.4 Å². The van der Waals surface area contributed by atoms with Gasteiger partial charge in [-0.2, -0.15) is 0 Å². The summed E-state index contributed by atoms with van der Waals surface area (Å²) in [5.41, 5.74) is 4.00. The van der Waals surface area contributed by atoms with Crippen LogP contribution in [0.15, 0.2) is 47.4 Å². The summed E-state index contributed by atoms with van der Waals surface area (Å²) in [5.74, 6) is -0.227. The molecule has 0 aliphatic heterocycles. The number of hydrogen-bond donors (Lipinski definition) is 1. The van der Waals surface area contributed by atoms with E-state index in [1.807, 2.05) is 13.0 Å². The van der Waals surface area contributed by atoms with Gasteiger partial charge in [-0.3, -0.25) is 4.79 Å². The first kappa shape index (κ1) is 19.6. The van der Waals surface area contributed by atoms with E-state index in [9.17, 15) is 13.2 Å². The zero-order valence-electron chi connectivity index (χ0n) is 16.0. The number of carbonyl (C=O) groups excluding carboxylic acids is 1. The summed E-state index contributed by atoms with van der Waals surface area (Å²) in [5, 5.41) is 0. The second kappa shape index (κ2) is 7.82. The summed E-state index contributed by atoms with van der Waals surface area (Å²) in [6, 6.07) is 12.0. The summed E-state index contributed by atoms with van der Waals surface area (Å²) < 4.78 is 28.4. The Balaban J connectivity index is 1.82. The van der Waals surface area contributed by atoms with Crippen LogP contribution in [0.4, 0.5) is 0 Å². The number of sulfonamides is 1. The Kier molecular flexibility index (Phi) is 5.67. The van der Waals surface area contributed by atoms with Crippen LogP contribution in [0.25, 0.3) is 0 Å². The molecule has 1 aliphatic carbocycles. The molecule has 1 atom stereocenters. The van der Waals surface area contributed by atoms with Gasteiger partial charge in [0.15, 0.2) is 0 Å². The number of nitrogens with zero attached hydrogens (tertiary/aromatic N) is 1. The van der Waals surface area contributed by atoms with Crippen molar-refractivity contribution < 1.29 is 13.2 Å². The van der Waals surface area contributed by atoms with Crippen LogP contribution < -0.4 is 4.72 Å². The highest BCUT2D eigenvalue weighted by atomic mass is 32.2. The summed E-state index contributed by atoms with van der Waals surface area (Å²) in [6.45, 7) is 1.84. The molecule has 1 N–H and O–H groups in total. The van der Waals surface area contributed by atoms with Gasteiger partial charge in [-0.25, -0.2) is 13.1 Å². The van der Waals surface area contributed by atoms with Gasteiger partial charge in [0.1, 0.15) is 0 Å². The topological polar surface area (TPSA) is 66.5 Å². The van der Waals surface area contributed by atoms with Crippen molar-refractivity contribution >= 4 is 15.9 Å². The molecule has 6 heteroatoms. The average molecular weight is 387 g/mol. The van der Waals surface area contributed by atoms with E-state index < -0.39 is 10.0 Å². The lowest BCUT2D eigenvalue weighted by Gasteiger charge is -2.20. The highest BCUT2D eigenvalue weighted by Gasteiger charge is 2.21. The molecule has 0 radical (unpaired) electrons. The van der Waals surface area contributed by atoms with Crippen molar-refractivity contribution in [2.24, 2.45) is 0 Å². The lowest BCUT2D eigenvalue weighted by atomic mass is 9.89. The normalized spacial score (nSPS) is 15.1. The standard InChI is InChI=1S/C21H26N2O3S/c1-15(17-12-11-16-7-4-5-8-18(16)13-17)22-27(25,26)20-10-6-9-19(14-20)21(24)23(2)3/h6,9-15,22H,4-5,7-8H2,1-3H3/t15-/m1/s1. The molecule has 0 unspecified atom stereocenters. The molecular weight excluding hydrogens is 360 g/mol. The number of hydrogen-bond acceptors (Lipinski definition) is 3. The SMILES string of the molecule is C[C@@H](NS(=O)(=O)c1cccc(C(=O)N(C)C)c1)c1ccc2c(c1)CCCC2. The molecule has 2 aromatic rings. The van der Waals surface area contributed by atoms with Crippen molar-refractivity contribution in [2.45, 2.75) is 43.5 Å². The van der Waals surface area contributed by atoms with Gasteiger partial charge in [0.25, 0.3) is 5.91 Å². The molecule has 0 saturated carbocycles. The van der Waals surface area contributed by atoms with Crippen LogP contribution in [0.5, 0.6) is 0 Å². The minimum absolute atomic E-state index is 0.0972. The number of fused-ring (bicyclic) bond motifs is 1. The Morgan fingerprint density at radius 3 is 2.44 bits per heavy atom. The molecule has 5 nitrogen and oxygen atoms in total. The third kappa shape index (κ3) is 4.39. The maximum Gasteiger partial charge on any atom is 0.253 e. The van der Waals surface area contributed by atoms with Crippen molar-refractivity contribution in [3.8, 4) is 0 Å². The molecule has 0 saturated heterocycles. The average Bonchev–Trinajstić information content (AvgIpc) is 2.66. The fourth-order valence-electron chi connectivity index (χ4n) is 3.45. The van der Waals surface area contributed by atoms with E-state index >= 15 is 0 Å². The molecule has 144 valence electrons. The van der Waals surface area contributed by atoms with Crippen molar-refractivity contribution in [1.82, 2.24) is 9.62 Å². The van der Waals surface area contributed by atoms with Gasteiger partial charge < -0.3 is 4.90 Å². The highest BCUT2D eigenvalue weighted by molar-refractivity contribution is 7.89. The predicted octanol–water partition coefficient (Wildman–Crippen LogP) is 3.31. The molecule has 0 fully saturated rings. The maximum absolute atomic E-state index is 12.8. The van der Waals surface area contributed by atoms with E-state index in [2.05, 4.69) is 16.9 Å². The van der Waals surface area contributed by atoms with Crippen LogP contribution in [0.2, 0.25) is 0 Å². The minimum atomic E-state index is -3.73. The quantitative estimate of drug-likeness (QED) is 0.857. The number of carbonyl (C=O) groups is 1. The molecule has 0 heterocycles. The zero-order valence-corrected chi connectivity index (χ0v) is 16.8. The summed E-state index contributed by atoms with van der Waals surface area (Å²) in [6.07, 6.45) is 4.56. The minimum Gasteiger partial charge on any atom is -0.345 e. The van der Waals surface area contributed by atoms with Crippen LogP contribution >= 0.6 is 0 Å². The third-order valence-corrected chi connectivity index (χ3v) is 6.54. The van der Waals surface area contributed by atoms with Gasteiger partial charge >= 0.3 is 0 Å². The van der Waals surface area contributed by atoms with E-state index in [0.29, 0.717) is 5.56 Å². The first-order chi connectivity index (χ1) is 12.8. The van der Waals surface area contributed by atoms with Crippen LogP contribution in [-0.4, -0.2) is 33.3 Å². The number of rotatable bonds is 5. The van der Waals surface area contributed by atoms with Gasteiger partial charge in [-0.05, 0) is 67.5 Å². The monoisotopic (exact) mass is 386 g/mol. The number of aryl methyl sites for hydroxylation is 2. The lowest BCUT2D eigenvalue weighted by Crippen LogP contribution is -2.28. The molecular formula is C21H26N2O3S. The molecule has 1 amide bonds. The molecule has 0 aromatic heterocycles. The molecule has 0 spiro atoms. The van der Waals surface area contributed by atoms with Gasteiger partial charge in [0, 0.05) is 25.7 Å². The summed E-state index contributed by atoms with van der Waals surface area (Å²) >= 11 is 0. The predicted molar refractivity (Wildman–Crippen MR) is 106 cm³/mol. The second-order valence-corrected chi connectivity index (χ2v) is 9.02. The molecule has 0 bridgehead atoms. The second-order valence-electron chi connectivity index (χ2n) is 7.31. The highest BCUT2D eigenvalue weighted by Crippen LogP contribution is 2.25. The van der Waals surface area contributed by atoms with E-state index in [1.54, 1.807) is 26.2 Å². The fraction of sp³-hybridized carbons (Fsp3) is 0.381. The van der Waals surface area contributed by atoms with Crippen LogP contribution in [0.3, 0.4) is 0 Å². The Morgan fingerprint density at radius 1 is 1.04 bits per heavy atom. The maximum atomic E-state index is 12.8. The van der Waals surface area contributed by atoms with E-state index in [-0.39, 0.29) is 16.8 Å². The van der Waals surface area contributed by atoms with Crippen LogP contribution in [-0.2, 0) is 22.9 Å². The van der Waals surface area contributed by atoms with Gasteiger partial charge in [-0.1, -0.05) is 24.3 Å². The zero-order chi connectivity index (χ0) is 19.6. The Bertz CT molecular complexity index is 952. The number of nitrogens with one attached hydrogen (secondary N) is 1. The number of benzene rings is 2. The third-order valence-electron chi connectivity index (χ3n) is 5.00. The molecule has 1 aliphatic rings. The van der Waals surface area contributed by atoms with Crippen molar-refractivity contribution in [3.63, 3.8) is 0 Å². The van der Waals surface area contributed by atoms with Gasteiger partial charge in [-0.15, -0.1) is 0 Å². The van der Waals surface area contributed by atoms with E-state index in [1.165, 1.54) is 41.0 Å². The van der Waals surface area contributed by atoms with Gasteiger partial charge in [0.2, 0.25) is 10.0 Å². The Morgan fingerprint density at radius 2 is 1.74 bits per heavy atom. The lowest BCUT2D eigenvalue weighted by molar-refractivity contribution is 0.0827. The van der Waals surface area contributed by atoms with Crippen LogP contribution in [0.1, 0.15) is 52.9 Å². The first-order valence-corrected chi connectivity index (χ1v) is 10.7. The van der Waals surface area contributed by atoms with Gasteiger partial charge in [0.05, 0.1) is 4.90 Å². The van der Waals surface area contributed by atoms with Crippen molar-refractivity contribution in [2.75, 3.05) is 14.1 Å². The molecule has 27 heavy (non-hydrogen) atoms. The smallest absolute Gasteiger partial charge is 0.253 e.